The maximum absolute atomic E-state index is 13.6. The van der Waals surface area contributed by atoms with Crippen LogP contribution < -0.4 is 9.62 Å². The first kappa shape index (κ1) is 20.2. The Balaban J connectivity index is 2.03. The molecule has 0 saturated carbocycles. The summed E-state index contributed by atoms with van der Waals surface area (Å²) in [7, 11) is -3.56. The van der Waals surface area contributed by atoms with Gasteiger partial charge in [0.2, 0.25) is 15.9 Å². The van der Waals surface area contributed by atoms with Crippen LogP contribution in [0.2, 0.25) is 5.02 Å². The zero-order valence-electron chi connectivity index (χ0n) is 14.5. The second-order valence-corrected chi connectivity index (χ2v) is 8.15. The Hall–Kier alpha value is -2.12. The predicted octanol–water partition coefficient (Wildman–Crippen LogP) is 2.91. The van der Waals surface area contributed by atoms with Gasteiger partial charge < -0.3 is 5.32 Å². The van der Waals surface area contributed by atoms with Crippen LogP contribution >= 0.6 is 11.6 Å². The molecule has 2 aromatic carbocycles. The van der Waals surface area contributed by atoms with E-state index in [2.05, 4.69) is 5.32 Å². The number of rotatable bonds is 7. The summed E-state index contributed by atoms with van der Waals surface area (Å²) in [5.41, 5.74) is 1.39. The number of carbonyl (C=O) groups excluding carboxylic acids is 1. The van der Waals surface area contributed by atoms with Crippen LogP contribution in [0.5, 0.6) is 0 Å². The van der Waals surface area contributed by atoms with E-state index in [1.807, 2.05) is 0 Å². The molecule has 0 fully saturated rings. The third-order valence-corrected chi connectivity index (χ3v) is 5.44. The highest BCUT2D eigenvalue weighted by atomic mass is 35.5. The van der Waals surface area contributed by atoms with Gasteiger partial charge in [0.15, 0.2) is 0 Å². The number of amides is 1. The van der Waals surface area contributed by atoms with Gasteiger partial charge in [-0.05, 0) is 36.2 Å². The molecule has 1 amide bonds. The van der Waals surface area contributed by atoms with Gasteiger partial charge in [-0.25, -0.2) is 12.8 Å². The first-order chi connectivity index (χ1) is 12.2. The molecule has 0 spiro atoms. The molecule has 0 heterocycles. The highest BCUT2D eigenvalue weighted by Gasteiger charge is 2.20. The Morgan fingerprint density at radius 1 is 1.19 bits per heavy atom. The van der Waals surface area contributed by atoms with Crippen molar-refractivity contribution in [1.29, 1.82) is 0 Å². The van der Waals surface area contributed by atoms with Crippen LogP contribution in [0.1, 0.15) is 11.1 Å². The van der Waals surface area contributed by atoms with Crippen molar-refractivity contribution in [3.8, 4) is 0 Å². The number of halogens is 2. The zero-order chi connectivity index (χ0) is 19.3. The van der Waals surface area contributed by atoms with E-state index in [-0.39, 0.29) is 31.0 Å². The molecule has 0 radical (unpaired) electrons. The number of nitrogens with zero attached hydrogens (tertiary/aromatic N) is 1. The fraction of sp³-hybridized carbons (Fsp3) is 0.278. The lowest BCUT2D eigenvalue weighted by atomic mass is 10.1. The van der Waals surface area contributed by atoms with Crippen molar-refractivity contribution >= 4 is 33.2 Å². The number of sulfonamides is 1. The van der Waals surface area contributed by atoms with Crippen molar-refractivity contribution in [3.63, 3.8) is 0 Å². The van der Waals surface area contributed by atoms with Crippen LogP contribution in [0.4, 0.5) is 10.1 Å². The van der Waals surface area contributed by atoms with Crippen LogP contribution in [0.15, 0.2) is 42.5 Å². The summed E-state index contributed by atoms with van der Waals surface area (Å²) >= 11 is 6.07. The normalized spacial score (nSPS) is 11.2. The summed E-state index contributed by atoms with van der Waals surface area (Å²) in [5, 5.41) is 3.08. The van der Waals surface area contributed by atoms with E-state index < -0.39 is 15.8 Å². The standard InChI is InChI=1S/C18H20ClFN2O3S/c1-13-15(19)7-5-9-17(13)22(26(2,24)25)11-10-21-18(23)12-14-6-3-4-8-16(14)20/h3-9H,10-12H2,1-2H3,(H,21,23). The highest BCUT2D eigenvalue weighted by Crippen LogP contribution is 2.27. The van der Waals surface area contributed by atoms with E-state index in [1.165, 1.54) is 16.4 Å². The van der Waals surface area contributed by atoms with Crippen molar-refractivity contribution < 1.29 is 17.6 Å². The number of anilines is 1. The first-order valence-corrected chi connectivity index (χ1v) is 10.2. The van der Waals surface area contributed by atoms with Crippen molar-refractivity contribution in [2.24, 2.45) is 0 Å². The molecule has 0 aliphatic rings. The van der Waals surface area contributed by atoms with Gasteiger partial charge in [0.05, 0.1) is 24.9 Å². The van der Waals surface area contributed by atoms with Crippen molar-refractivity contribution in [3.05, 3.63) is 64.4 Å². The SMILES string of the molecule is Cc1c(Cl)cccc1N(CCNC(=O)Cc1ccccc1F)S(C)(=O)=O. The average molecular weight is 399 g/mol. The minimum Gasteiger partial charge on any atom is -0.354 e. The van der Waals surface area contributed by atoms with Gasteiger partial charge in [0, 0.05) is 11.6 Å². The van der Waals surface area contributed by atoms with Gasteiger partial charge in [-0.3, -0.25) is 9.10 Å². The smallest absolute Gasteiger partial charge is 0.232 e. The van der Waals surface area contributed by atoms with Crippen molar-refractivity contribution in [1.82, 2.24) is 5.32 Å². The molecule has 5 nitrogen and oxygen atoms in total. The highest BCUT2D eigenvalue weighted by molar-refractivity contribution is 7.92. The molecule has 8 heteroatoms. The molecular formula is C18H20ClFN2O3S. The Bertz CT molecular complexity index is 903. The maximum Gasteiger partial charge on any atom is 0.232 e. The van der Waals surface area contributed by atoms with Gasteiger partial charge in [-0.1, -0.05) is 35.9 Å². The van der Waals surface area contributed by atoms with Crippen LogP contribution in [0, 0.1) is 12.7 Å². The van der Waals surface area contributed by atoms with E-state index in [1.54, 1.807) is 37.3 Å². The fourth-order valence-electron chi connectivity index (χ4n) is 2.51. The van der Waals surface area contributed by atoms with Crippen LogP contribution in [-0.2, 0) is 21.2 Å². The molecule has 0 unspecified atom stereocenters. The Morgan fingerprint density at radius 2 is 1.88 bits per heavy atom. The lowest BCUT2D eigenvalue weighted by Gasteiger charge is -2.24. The molecule has 0 bridgehead atoms. The molecule has 0 atom stereocenters. The molecule has 26 heavy (non-hydrogen) atoms. The quantitative estimate of drug-likeness (QED) is 0.779. The average Bonchev–Trinajstić information content (AvgIpc) is 2.56. The Labute approximate surface area is 157 Å². The van der Waals surface area contributed by atoms with Crippen molar-refractivity contribution in [2.75, 3.05) is 23.7 Å². The summed E-state index contributed by atoms with van der Waals surface area (Å²) in [6, 6.07) is 11.0. The van der Waals surface area contributed by atoms with Gasteiger partial charge in [-0.15, -0.1) is 0 Å². The number of carbonyl (C=O) groups is 1. The summed E-state index contributed by atoms with van der Waals surface area (Å²) in [5.74, 6) is -0.832. The van der Waals surface area contributed by atoms with Gasteiger partial charge in [0.1, 0.15) is 5.82 Å². The second kappa shape index (κ2) is 8.51. The number of hydrogen-bond acceptors (Lipinski definition) is 3. The number of benzene rings is 2. The summed E-state index contributed by atoms with van der Waals surface area (Å²) < 4.78 is 39.0. The summed E-state index contributed by atoms with van der Waals surface area (Å²) in [4.78, 5) is 12.0. The molecule has 0 aliphatic carbocycles. The monoisotopic (exact) mass is 398 g/mol. The Morgan fingerprint density at radius 3 is 2.54 bits per heavy atom. The fourth-order valence-corrected chi connectivity index (χ4v) is 3.65. The minimum atomic E-state index is -3.56. The van der Waals surface area contributed by atoms with E-state index in [4.69, 9.17) is 11.6 Å². The summed E-state index contributed by atoms with van der Waals surface area (Å²) in [6.45, 7) is 1.86. The van der Waals surface area contributed by atoms with Gasteiger partial charge in [0.25, 0.3) is 0 Å². The lowest BCUT2D eigenvalue weighted by Crippen LogP contribution is -2.39. The van der Waals surface area contributed by atoms with Crippen LogP contribution in [0.25, 0.3) is 0 Å². The largest absolute Gasteiger partial charge is 0.354 e. The number of hydrogen-bond donors (Lipinski definition) is 1. The molecule has 140 valence electrons. The van der Waals surface area contributed by atoms with Gasteiger partial charge in [-0.2, -0.15) is 0 Å². The summed E-state index contributed by atoms with van der Waals surface area (Å²) in [6.07, 6.45) is 0.982. The number of nitrogens with one attached hydrogen (secondary N) is 1. The molecule has 0 saturated heterocycles. The first-order valence-electron chi connectivity index (χ1n) is 7.93. The van der Waals surface area contributed by atoms with E-state index in [9.17, 15) is 17.6 Å². The minimum absolute atomic E-state index is 0.0447. The lowest BCUT2D eigenvalue weighted by molar-refractivity contribution is -0.120. The maximum atomic E-state index is 13.6. The van der Waals surface area contributed by atoms with E-state index in [0.717, 1.165) is 6.26 Å². The van der Waals surface area contributed by atoms with Crippen LogP contribution in [0.3, 0.4) is 0 Å². The Kier molecular flexibility index (Phi) is 6.61. The van der Waals surface area contributed by atoms with E-state index in [0.29, 0.717) is 16.3 Å². The van der Waals surface area contributed by atoms with Crippen molar-refractivity contribution in [2.45, 2.75) is 13.3 Å². The van der Waals surface area contributed by atoms with Gasteiger partial charge >= 0.3 is 0 Å². The topological polar surface area (TPSA) is 66.5 Å². The molecule has 2 aromatic rings. The molecule has 1 N–H and O–H groups in total. The second-order valence-electron chi connectivity index (χ2n) is 5.84. The third kappa shape index (κ3) is 5.19. The molecular weight excluding hydrogens is 379 g/mol. The van der Waals surface area contributed by atoms with E-state index >= 15 is 0 Å². The predicted molar refractivity (Wildman–Crippen MR) is 101 cm³/mol. The molecule has 0 aromatic heterocycles. The third-order valence-electron chi connectivity index (χ3n) is 3.85. The zero-order valence-corrected chi connectivity index (χ0v) is 16.1. The van der Waals surface area contributed by atoms with Crippen LogP contribution in [-0.4, -0.2) is 33.7 Å². The molecule has 0 aliphatic heterocycles. The molecule has 2 rings (SSSR count).